The quantitative estimate of drug-likeness (QED) is 0.332. The Hall–Kier alpha value is -1.24. The second kappa shape index (κ2) is 10.7. The third-order valence-corrected chi connectivity index (χ3v) is 10.5. The van der Waals surface area contributed by atoms with E-state index in [0.29, 0.717) is 12.5 Å². The highest BCUT2D eigenvalue weighted by atomic mass is 28.3. The molecule has 1 saturated heterocycles. The van der Waals surface area contributed by atoms with E-state index in [9.17, 15) is 17.6 Å². The fraction of sp³-hybridized carbons (Fsp3) is 0.727. The second-order valence-corrected chi connectivity index (χ2v) is 12.2. The number of benzene rings is 1. The summed E-state index contributed by atoms with van der Waals surface area (Å²) in [5.74, 6) is -1.31. The Morgan fingerprint density at radius 3 is 2.10 bits per heavy atom. The van der Waals surface area contributed by atoms with Crippen molar-refractivity contribution in [3.05, 3.63) is 23.8 Å². The van der Waals surface area contributed by atoms with Gasteiger partial charge in [-0.15, -0.1) is 0 Å². The number of ether oxygens (including phenoxy) is 2. The maximum atomic E-state index is 13.8. The molecule has 0 unspecified atom stereocenters. The van der Waals surface area contributed by atoms with Crippen LogP contribution in [0.15, 0.2) is 12.1 Å². The Balaban J connectivity index is 1.42. The molecule has 1 aliphatic carbocycles. The van der Waals surface area contributed by atoms with Crippen LogP contribution in [0.4, 0.5) is 17.6 Å². The van der Waals surface area contributed by atoms with Crippen molar-refractivity contribution in [3.8, 4) is 11.5 Å². The smallest absolute Gasteiger partial charge is 0.387 e. The Labute approximate surface area is 172 Å². The molecule has 0 N–H and O–H groups in total. The molecule has 3 rings (SSSR count). The first-order chi connectivity index (χ1) is 14.0. The average molecular weight is 433 g/mol. The van der Waals surface area contributed by atoms with Crippen molar-refractivity contribution in [2.24, 2.45) is 17.8 Å². The first-order valence-electron chi connectivity index (χ1n) is 11.0. The molecule has 0 amide bonds. The van der Waals surface area contributed by atoms with Crippen LogP contribution in [0.25, 0.3) is 0 Å². The van der Waals surface area contributed by atoms with E-state index in [-0.39, 0.29) is 5.75 Å². The van der Waals surface area contributed by atoms with Gasteiger partial charge in [0.1, 0.15) is 5.75 Å². The zero-order valence-corrected chi connectivity index (χ0v) is 18.3. The highest BCUT2D eigenvalue weighted by molar-refractivity contribution is 6.58. The minimum absolute atomic E-state index is 0.0166. The van der Waals surface area contributed by atoms with Gasteiger partial charge in [0, 0.05) is 20.9 Å². The topological polar surface area (TPSA) is 18.5 Å². The third-order valence-electron chi connectivity index (χ3n) is 6.81. The maximum absolute atomic E-state index is 13.8. The molecule has 2 nitrogen and oxygen atoms in total. The number of alkyl halides is 2. The minimum Gasteiger partial charge on any atom is -0.493 e. The lowest BCUT2D eigenvalue weighted by Crippen LogP contribution is -2.29. The minimum atomic E-state index is -3.27. The Kier molecular flexibility index (Phi) is 8.27. The summed E-state index contributed by atoms with van der Waals surface area (Å²) < 4.78 is 61.5. The Morgan fingerprint density at radius 2 is 1.55 bits per heavy atom. The van der Waals surface area contributed by atoms with Gasteiger partial charge in [-0.2, -0.15) is 8.78 Å². The standard InChI is InChI=1S/C22H32F4O2Si/c1-2-9-29-10-7-17(8-11-29)16-5-3-15(4-6-16)14-27-18-12-19(23)21(20(24)13-18)28-22(25)26/h12-13,15-17,22,29H,2-11,14H2,1H3/t15-,16-,17-,29-. The van der Waals surface area contributed by atoms with Crippen LogP contribution < -0.4 is 9.47 Å². The fourth-order valence-electron chi connectivity index (χ4n) is 5.22. The predicted molar refractivity (Wildman–Crippen MR) is 109 cm³/mol. The van der Waals surface area contributed by atoms with E-state index in [2.05, 4.69) is 11.7 Å². The summed E-state index contributed by atoms with van der Waals surface area (Å²) in [7, 11) is -0.430. The molecule has 164 valence electrons. The molecule has 0 radical (unpaired) electrons. The predicted octanol–water partition coefficient (Wildman–Crippen LogP) is 6.80. The van der Waals surface area contributed by atoms with Crippen molar-refractivity contribution >= 4 is 8.80 Å². The summed E-state index contributed by atoms with van der Waals surface area (Å²) in [5.41, 5.74) is 0. The third kappa shape index (κ3) is 6.37. The normalized spacial score (nSPS) is 27.8. The molecule has 0 bridgehead atoms. The van der Waals surface area contributed by atoms with E-state index < -0.39 is 32.8 Å². The Bertz CT molecular complexity index is 619. The van der Waals surface area contributed by atoms with Crippen molar-refractivity contribution in [3.63, 3.8) is 0 Å². The van der Waals surface area contributed by atoms with Gasteiger partial charge in [0.15, 0.2) is 17.4 Å². The monoisotopic (exact) mass is 432 g/mol. The number of halogens is 4. The van der Waals surface area contributed by atoms with E-state index in [1.807, 2.05) is 0 Å². The van der Waals surface area contributed by atoms with Crippen LogP contribution in [0, 0.1) is 29.4 Å². The van der Waals surface area contributed by atoms with Gasteiger partial charge < -0.3 is 9.47 Å². The highest BCUT2D eigenvalue weighted by Crippen LogP contribution is 2.41. The van der Waals surface area contributed by atoms with Gasteiger partial charge in [0.2, 0.25) is 0 Å². The lowest BCUT2D eigenvalue weighted by atomic mass is 9.74. The van der Waals surface area contributed by atoms with Gasteiger partial charge in [-0.3, -0.25) is 0 Å². The largest absolute Gasteiger partial charge is 0.493 e. The van der Waals surface area contributed by atoms with Crippen molar-refractivity contribution in [2.45, 2.75) is 76.6 Å². The van der Waals surface area contributed by atoms with Crippen LogP contribution in [-0.2, 0) is 0 Å². The summed E-state index contributed by atoms with van der Waals surface area (Å²) in [6.45, 7) is -0.571. The first kappa shape index (κ1) is 22.4. The molecular formula is C22H32F4O2Si. The zero-order chi connectivity index (χ0) is 20.8. The van der Waals surface area contributed by atoms with Crippen LogP contribution >= 0.6 is 0 Å². The Morgan fingerprint density at radius 1 is 0.966 bits per heavy atom. The first-order valence-corrected chi connectivity index (χ1v) is 13.5. The summed E-state index contributed by atoms with van der Waals surface area (Å²) in [6, 6.07) is 6.36. The van der Waals surface area contributed by atoms with Crippen molar-refractivity contribution in [1.29, 1.82) is 0 Å². The van der Waals surface area contributed by atoms with Crippen LogP contribution in [-0.4, -0.2) is 22.0 Å². The molecule has 1 aliphatic heterocycles. The average Bonchev–Trinajstić information content (AvgIpc) is 2.70. The molecule has 1 heterocycles. The summed E-state index contributed by atoms with van der Waals surface area (Å²) in [4.78, 5) is 0. The van der Waals surface area contributed by atoms with Gasteiger partial charge in [0.05, 0.1) is 6.61 Å². The van der Waals surface area contributed by atoms with Crippen LogP contribution in [0.2, 0.25) is 18.1 Å². The molecule has 0 aromatic heterocycles. The van der Waals surface area contributed by atoms with Gasteiger partial charge in [-0.25, -0.2) is 8.78 Å². The number of hydrogen-bond donors (Lipinski definition) is 0. The van der Waals surface area contributed by atoms with E-state index >= 15 is 0 Å². The molecule has 1 aromatic carbocycles. The van der Waals surface area contributed by atoms with Crippen molar-refractivity contribution < 1.29 is 27.0 Å². The molecular weight excluding hydrogens is 400 g/mol. The zero-order valence-electron chi connectivity index (χ0n) is 17.1. The molecule has 29 heavy (non-hydrogen) atoms. The molecule has 2 aliphatic rings. The van der Waals surface area contributed by atoms with Crippen molar-refractivity contribution in [1.82, 2.24) is 0 Å². The lowest BCUT2D eigenvalue weighted by Gasteiger charge is -2.37. The van der Waals surface area contributed by atoms with E-state index in [1.165, 1.54) is 50.2 Å². The number of rotatable bonds is 8. The van der Waals surface area contributed by atoms with Crippen molar-refractivity contribution in [2.75, 3.05) is 6.61 Å². The number of hydrogen-bond acceptors (Lipinski definition) is 2. The molecule has 1 saturated carbocycles. The van der Waals surface area contributed by atoms with Crippen LogP contribution in [0.3, 0.4) is 0 Å². The van der Waals surface area contributed by atoms with Crippen LogP contribution in [0.1, 0.15) is 51.9 Å². The summed E-state index contributed by atoms with van der Waals surface area (Å²) in [6.07, 6.45) is 8.78. The highest BCUT2D eigenvalue weighted by Gasteiger charge is 2.31. The molecule has 1 aromatic rings. The van der Waals surface area contributed by atoms with Gasteiger partial charge >= 0.3 is 6.61 Å². The molecule has 2 fully saturated rings. The molecule has 0 spiro atoms. The van der Waals surface area contributed by atoms with E-state index in [4.69, 9.17) is 4.74 Å². The van der Waals surface area contributed by atoms with E-state index in [0.717, 1.165) is 36.8 Å². The maximum Gasteiger partial charge on any atom is 0.387 e. The van der Waals surface area contributed by atoms with E-state index in [1.54, 1.807) is 0 Å². The fourth-order valence-corrected chi connectivity index (χ4v) is 8.70. The molecule has 0 atom stereocenters. The molecule has 7 heteroatoms. The van der Waals surface area contributed by atoms with Crippen LogP contribution in [0.5, 0.6) is 11.5 Å². The van der Waals surface area contributed by atoms with Gasteiger partial charge in [-0.05, 0) is 43.4 Å². The van der Waals surface area contributed by atoms with Gasteiger partial charge in [0.25, 0.3) is 0 Å². The lowest BCUT2D eigenvalue weighted by molar-refractivity contribution is -0.0547. The summed E-state index contributed by atoms with van der Waals surface area (Å²) in [5, 5.41) is 0. The second-order valence-electron chi connectivity index (χ2n) is 8.76. The summed E-state index contributed by atoms with van der Waals surface area (Å²) >= 11 is 0. The SMILES string of the molecule is CCC[Si@H]1CC[C@H]([C@H]2CC[C@H](COc3cc(F)c(OC(F)F)c(F)c3)CC2)CC1. The van der Waals surface area contributed by atoms with Gasteiger partial charge in [-0.1, -0.05) is 44.3 Å².